The van der Waals surface area contributed by atoms with Crippen LogP contribution in [0.1, 0.15) is 11.5 Å². The lowest BCUT2D eigenvalue weighted by atomic mass is 9.94. The highest BCUT2D eigenvalue weighted by atomic mass is 35.5. The van der Waals surface area contributed by atoms with Gasteiger partial charge >= 0.3 is 5.76 Å². The molecular formula is C22H22ClN3O5. The molecule has 2 amide bonds. The molecule has 1 fully saturated rings. The quantitative estimate of drug-likeness (QED) is 0.588. The van der Waals surface area contributed by atoms with Crippen molar-refractivity contribution in [1.82, 2.24) is 14.8 Å². The topological polar surface area (TPSA) is 93.8 Å². The van der Waals surface area contributed by atoms with Crippen molar-refractivity contribution in [3.8, 4) is 5.75 Å². The molecule has 1 saturated heterocycles. The Morgan fingerprint density at radius 2 is 1.90 bits per heavy atom. The van der Waals surface area contributed by atoms with E-state index in [9.17, 15) is 14.4 Å². The zero-order valence-corrected chi connectivity index (χ0v) is 17.7. The highest BCUT2D eigenvalue weighted by Gasteiger charge is 2.37. The Morgan fingerprint density at radius 3 is 2.61 bits per heavy atom. The number of oxazole rings is 1. The lowest BCUT2D eigenvalue weighted by Crippen LogP contribution is -2.41. The summed E-state index contributed by atoms with van der Waals surface area (Å²) in [4.78, 5) is 38.9. The number of methoxy groups -OCH3 is 1. The molecule has 0 spiro atoms. The third-order valence-electron chi connectivity index (χ3n) is 5.55. The summed E-state index contributed by atoms with van der Waals surface area (Å²) in [5.74, 6) is -0.642. The molecule has 3 aromatic rings. The summed E-state index contributed by atoms with van der Waals surface area (Å²) in [7, 11) is 1.59. The fraction of sp³-hybridized carbons (Fsp3) is 0.318. The van der Waals surface area contributed by atoms with E-state index >= 15 is 0 Å². The van der Waals surface area contributed by atoms with Crippen LogP contribution < -0.4 is 15.8 Å². The maximum atomic E-state index is 13.1. The summed E-state index contributed by atoms with van der Waals surface area (Å²) in [5.41, 5.74) is 1.98. The van der Waals surface area contributed by atoms with Crippen LogP contribution in [0.2, 0.25) is 0 Å². The number of ether oxygens (including phenoxy) is 1. The number of alkyl halides is 1. The van der Waals surface area contributed by atoms with Gasteiger partial charge in [0.15, 0.2) is 5.58 Å². The van der Waals surface area contributed by atoms with Gasteiger partial charge in [0.2, 0.25) is 11.8 Å². The Balaban J connectivity index is 1.56. The number of carbonyl (C=O) groups excluding carboxylic acids is 2. The second-order valence-corrected chi connectivity index (χ2v) is 7.68. The molecule has 8 nitrogen and oxygen atoms in total. The monoisotopic (exact) mass is 443 g/mol. The Bertz CT molecular complexity index is 1150. The summed E-state index contributed by atoms with van der Waals surface area (Å²) in [6.45, 7) is 0.590. The van der Waals surface area contributed by atoms with Gasteiger partial charge in [-0.2, -0.15) is 0 Å². The van der Waals surface area contributed by atoms with Crippen molar-refractivity contribution in [3.05, 3.63) is 64.6 Å². The van der Waals surface area contributed by atoms with Gasteiger partial charge in [-0.1, -0.05) is 24.3 Å². The molecule has 0 radical (unpaired) electrons. The maximum Gasteiger partial charge on any atom is 0.420 e. The molecule has 1 aliphatic rings. The summed E-state index contributed by atoms with van der Waals surface area (Å²) in [6, 6.07) is 14.2. The van der Waals surface area contributed by atoms with Crippen LogP contribution in [-0.4, -0.2) is 53.4 Å². The normalized spacial score (nSPS) is 18.3. The molecule has 2 aromatic carbocycles. The number of halogens is 1. The van der Waals surface area contributed by atoms with Crippen LogP contribution in [0.3, 0.4) is 0 Å². The highest BCUT2D eigenvalue weighted by molar-refractivity contribution is 6.27. The molecule has 31 heavy (non-hydrogen) atoms. The molecule has 0 aliphatic carbocycles. The van der Waals surface area contributed by atoms with Gasteiger partial charge in [-0.15, -0.1) is 11.6 Å². The molecule has 162 valence electrons. The average molecular weight is 444 g/mol. The molecule has 2 atom stereocenters. The summed E-state index contributed by atoms with van der Waals surface area (Å²) in [5, 5.41) is 2.91. The van der Waals surface area contributed by atoms with E-state index in [2.05, 4.69) is 5.32 Å². The van der Waals surface area contributed by atoms with E-state index in [1.54, 1.807) is 36.3 Å². The van der Waals surface area contributed by atoms with Crippen LogP contribution >= 0.6 is 11.6 Å². The number of rotatable bonds is 6. The molecule has 0 unspecified atom stereocenters. The Hall–Kier alpha value is -3.26. The van der Waals surface area contributed by atoms with Gasteiger partial charge < -0.3 is 19.4 Å². The van der Waals surface area contributed by atoms with E-state index in [0.29, 0.717) is 24.2 Å². The standard InChI is InChI=1S/C22H22ClN3O5/c1-30-15-8-6-14(7-9-15)16-11-25(12-17(16)24-20(27)10-23)21(28)13-26-18-4-2-3-5-19(18)31-22(26)29/h2-9,16-17H,10-13H2,1H3,(H,24,27)/t16-,17+/m0/s1. The third-order valence-corrected chi connectivity index (χ3v) is 5.79. The van der Waals surface area contributed by atoms with Crippen LogP contribution in [0.25, 0.3) is 11.1 Å². The summed E-state index contributed by atoms with van der Waals surface area (Å²) < 4.78 is 11.8. The first-order valence-electron chi connectivity index (χ1n) is 9.85. The minimum absolute atomic E-state index is 0.111. The van der Waals surface area contributed by atoms with E-state index < -0.39 is 5.76 Å². The number of hydrogen-bond acceptors (Lipinski definition) is 5. The van der Waals surface area contributed by atoms with Crippen molar-refractivity contribution >= 4 is 34.5 Å². The number of nitrogens with one attached hydrogen (secondary N) is 1. The van der Waals surface area contributed by atoms with Gasteiger partial charge in [0.25, 0.3) is 0 Å². The number of aromatic nitrogens is 1. The Kier molecular flexibility index (Phi) is 5.99. The molecule has 1 aromatic heterocycles. The highest BCUT2D eigenvalue weighted by Crippen LogP contribution is 2.29. The van der Waals surface area contributed by atoms with Crippen molar-refractivity contribution in [1.29, 1.82) is 0 Å². The summed E-state index contributed by atoms with van der Waals surface area (Å²) in [6.07, 6.45) is 0. The SMILES string of the molecule is COc1ccc([C@@H]2CN(C(=O)Cn3c(=O)oc4ccccc43)C[C@H]2NC(=O)CCl)cc1. The van der Waals surface area contributed by atoms with Crippen LogP contribution in [0.4, 0.5) is 0 Å². The van der Waals surface area contributed by atoms with Crippen molar-refractivity contribution in [2.75, 3.05) is 26.1 Å². The lowest BCUT2D eigenvalue weighted by Gasteiger charge is -2.19. The fourth-order valence-corrected chi connectivity index (χ4v) is 4.06. The molecular weight excluding hydrogens is 422 g/mol. The second kappa shape index (κ2) is 8.85. The predicted octanol–water partition coefficient (Wildman–Crippen LogP) is 1.95. The van der Waals surface area contributed by atoms with Crippen molar-refractivity contribution in [2.24, 2.45) is 0 Å². The zero-order valence-electron chi connectivity index (χ0n) is 16.9. The first-order chi connectivity index (χ1) is 15.0. The van der Waals surface area contributed by atoms with Gasteiger partial charge in [0.05, 0.1) is 18.7 Å². The van der Waals surface area contributed by atoms with Gasteiger partial charge in [-0.3, -0.25) is 14.2 Å². The second-order valence-electron chi connectivity index (χ2n) is 7.41. The van der Waals surface area contributed by atoms with Gasteiger partial charge in [0, 0.05) is 19.0 Å². The smallest absolute Gasteiger partial charge is 0.420 e. The van der Waals surface area contributed by atoms with E-state index in [-0.39, 0.29) is 36.2 Å². The Morgan fingerprint density at radius 1 is 1.16 bits per heavy atom. The number of carbonyl (C=O) groups is 2. The van der Waals surface area contributed by atoms with Crippen LogP contribution in [0, 0.1) is 0 Å². The van der Waals surface area contributed by atoms with Crippen molar-refractivity contribution < 1.29 is 18.7 Å². The molecule has 4 rings (SSSR count). The number of para-hydroxylation sites is 2. The predicted molar refractivity (Wildman–Crippen MR) is 115 cm³/mol. The van der Waals surface area contributed by atoms with E-state index in [1.165, 1.54) is 4.57 Å². The van der Waals surface area contributed by atoms with Crippen LogP contribution in [0.5, 0.6) is 5.75 Å². The number of hydrogen-bond donors (Lipinski definition) is 1. The average Bonchev–Trinajstić information content (AvgIpc) is 3.34. The number of fused-ring (bicyclic) bond motifs is 1. The zero-order chi connectivity index (χ0) is 22.0. The van der Waals surface area contributed by atoms with Crippen molar-refractivity contribution in [3.63, 3.8) is 0 Å². The molecule has 9 heteroatoms. The fourth-order valence-electron chi connectivity index (χ4n) is 3.99. The lowest BCUT2D eigenvalue weighted by molar-refractivity contribution is -0.131. The molecule has 1 N–H and O–H groups in total. The molecule has 1 aliphatic heterocycles. The van der Waals surface area contributed by atoms with E-state index in [4.69, 9.17) is 20.8 Å². The van der Waals surface area contributed by atoms with Gasteiger partial charge in [-0.05, 0) is 29.8 Å². The summed E-state index contributed by atoms with van der Waals surface area (Å²) >= 11 is 5.67. The molecule has 0 bridgehead atoms. The number of likely N-dealkylation sites (tertiary alicyclic amines) is 1. The number of benzene rings is 2. The first-order valence-corrected chi connectivity index (χ1v) is 10.4. The number of amides is 2. The molecule has 0 saturated carbocycles. The van der Waals surface area contributed by atoms with Crippen LogP contribution in [-0.2, 0) is 16.1 Å². The third kappa shape index (κ3) is 4.29. The first kappa shape index (κ1) is 21.0. The van der Waals surface area contributed by atoms with Crippen molar-refractivity contribution in [2.45, 2.75) is 18.5 Å². The molecule has 2 heterocycles. The van der Waals surface area contributed by atoms with E-state index in [1.807, 2.05) is 24.3 Å². The Labute approximate surface area is 183 Å². The minimum atomic E-state index is -0.576. The van der Waals surface area contributed by atoms with Gasteiger partial charge in [-0.25, -0.2) is 4.79 Å². The van der Waals surface area contributed by atoms with E-state index in [0.717, 1.165) is 11.3 Å². The van der Waals surface area contributed by atoms with Crippen LogP contribution in [0.15, 0.2) is 57.7 Å². The van der Waals surface area contributed by atoms with Gasteiger partial charge in [0.1, 0.15) is 18.2 Å². The maximum absolute atomic E-state index is 13.1. The minimum Gasteiger partial charge on any atom is -0.497 e. The largest absolute Gasteiger partial charge is 0.497 e. The number of nitrogens with zero attached hydrogens (tertiary/aromatic N) is 2.